The largest absolute Gasteiger partial charge is 0.507 e. The fourth-order valence-corrected chi connectivity index (χ4v) is 4.73. The van der Waals surface area contributed by atoms with Crippen molar-refractivity contribution in [2.24, 2.45) is 0 Å². The molecule has 1 amide bonds. The molecule has 5 rings (SSSR count). The van der Waals surface area contributed by atoms with Gasteiger partial charge < -0.3 is 14.7 Å². The van der Waals surface area contributed by atoms with Crippen molar-refractivity contribution in [1.82, 2.24) is 9.88 Å². The molecule has 1 N–H and O–H groups in total. The predicted octanol–water partition coefficient (Wildman–Crippen LogP) is 6.24. The number of hydrogen-bond donors (Lipinski definition) is 1. The van der Waals surface area contributed by atoms with Crippen LogP contribution in [0.2, 0.25) is 5.02 Å². The minimum atomic E-state index is -0.791. The number of aliphatic hydroxyl groups is 1. The summed E-state index contributed by atoms with van der Waals surface area (Å²) >= 11 is 6.11. The van der Waals surface area contributed by atoms with E-state index in [4.69, 9.17) is 16.3 Å². The lowest BCUT2D eigenvalue weighted by atomic mass is 9.94. The molecule has 1 fully saturated rings. The maximum Gasteiger partial charge on any atom is 0.295 e. The molecule has 0 radical (unpaired) electrons. The fourth-order valence-electron chi connectivity index (χ4n) is 4.60. The third kappa shape index (κ3) is 5.17. The van der Waals surface area contributed by atoms with Crippen LogP contribution in [0.1, 0.15) is 33.9 Å². The van der Waals surface area contributed by atoms with Gasteiger partial charge >= 0.3 is 0 Å². The van der Waals surface area contributed by atoms with E-state index in [9.17, 15) is 14.7 Å². The summed E-state index contributed by atoms with van der Waals surface area (Å²) in [4.78, 5) is 32.1. The Morgan fingerprint density at radius 2 is 1.71 bits per heavy atom. The molecular formula is C31H25ClN2O4. The summed E-state index contributed by atoms with van der Waals surface area (Å²) in [5.74, 6) is -1.02. The van der Waals surface area contributed by atoms with E-state index in [1.54, 1.807) is 60.9 Å². The van der Waals surface area contributed by atoms with E-state index in [1.807, 2.05) is 43.3 Å². The van der Waals surface area contributed by atoms with Gasteiger partial charge in [0.2, 0.25) is 0 Å². The number of likely N-dealkylation sites (tertiary alicyclic amines) is 1. The van der Waals surface area contributed by atoms with Crippen molar-refractivity contribution in [3.8, 4) is 5.75 Å². The summed E-state index contributed by atoms with van der Waals surface area (Å²) < 4.78 is 5.91. The number of aromatic nitrogens is 1. The number of benzene rings is 3. The molecule has 0 unspecified atom stereocenters. The lowest BCUT2D eigenvalue weighted by Crippen LogP contribution is -2.29. The Bertz CT molecular complexity index is 1500. The molecule has 190 valence electrons. The number of carbonyl (C=O) groups excluding carboxylic acids is 2. The minimum Gasteiger partial charge on any atom is -0.507 e. The molecule has 3 aromatic carbocycles. The van der Waals surface area contributed by atoms with Gasteiger partial charge in [-0.3, -0.25) is 14.6 Å². The van der Waals surface area contributed by atoms with Crippen LogP contribution in [-0.2, 0) is 22.7 Å². The van der Waals surface area contributed by atoms with E-state index < -0.39 is 17.7 Å². The summed E-state index contributed by atoms with van der Waals surface area (Å²) in [6, 6.07) is 24.8. The first kappa shape index (κ1) is 25.2. The number of Topliss-reactive ketones (excluding diaryl/α,β-unsaturated/α-hetero) is 1. The van der Waals surface area contributed by atoms with Gasteiger partial charge in [0.15, 0.2) is 0 Å². The number of ether oxygens (including phenoxy) is 1. The molecule has 38 heavy (non-hydrogen) atoms. The van der Waals surface area contributed by atoms with Gasteiger partial charge in [-0.2, -0.15) is 0 Å². The maximum absolute atomic E-state index is 13.3. The smallest absolute Gasteiger partial charge is 0.295 e. The van der Waals surface area contributed by atoms with Gasteiger partial charge in [-0.1, -0.05) is 60.1 Å². The highest BCUT2D eigenvalue weighted by Gasteiger charge is 2.46. The van der Waals surface area contributed by atoms with Crippen LogP contribution in [0.15, 0.2) is 103 Å². The van der Waals surface area contributed by atoms with Crippen molar-refractivity contribution in [2.45, 2.75) is 26.1 Å². The number of amides is 1. The average Bonchev–Trinajstić information content (AvgIpc) is 3.18. The van der Waals surface area contributed by atoms with E-state index in [0.29, 0.717) is 34.1 Å². The van der Waals surface area contributed by atoms with Crippen LogP contribution in [0, 0.1) is 6.92 Å². The molecular weight excluding hydrogens is 500 g/mol. The standard InChI is InChI=1S/C31H25ClN2O4/c1-20-16-25(38-19-21-6-3-2-4-7-21)13-14-26(20)29(35)27-28(23-9-11-24(32)12-10-23)34(31(37)30(27)36)18-22-8-5-15-33-17-22/h2-17,28,35H,18-19H2,1H3/t28-/m1/s1. The Kier molecular flexibility index (Phi) is 7.24. The molecule has 7 heteroatoms. The van der Waals surface area contributed by atoms with Crippen molar-refractivity contribution in [2.75, 3.05) is 0 Å². The number of ketones is 1. The van der Waals surface area contributed by atoms with Crippen LogP contribution in [0.4, 0.5) is 0 Å². The molecule has 2 heterocycles. The van der Waals surface area contributed by atoms with E-state index >= 15 is 0 Å². The van der Waals surface area contributed by atoms with Crippen molar-refractivity contribution >= 4 is 29.1 Å². The highest BCUT2D eigenvalue weighted by molar-refractivity contribution is 6.46. The van der Waals surface area contributed by atoms with Crippen LogP contribution in [0.5, 0.6) is 5.75 Å². The van der Waals surface area contributed by atoms with Gasteiger partial charge in [0.1, 0.15) is 18.1 Å². The Morgan fingerprint density at radius 1 is 0.974 bits per heavy atom. The van der Waals surface area contributed by atoms with Gasteiger partial charge in [0.25, 0.3) is 11.7 Å². The molecule has 1 aromatic heterocycles. The zero-order chi connectivity index (χ0) is 26.6. The lowest BCUT2D eigenvalue weighted by Gasteiger charge is -2.25. The second-order valence-electron chi connectivity index (χ2n) is 9.09. The highest BCUT2D eigenvalue weighted by Crippen LogP contribution is 2.41. The molecule has 4 aromatic rings. The average molecular weight is 525 g/mol. The Hall–Kier alpha value is -4.42. The molecule has 0 spiro atoms. The maximum atomic E-state index is 13.3. The molecule has 0 bridgehead atoms. The van der Waals surface area contributed by atoms with E-state index in [-0.39, 0.29) is 17.9 Å². The minimum absolute atomic E-state index is 0.0299. The summed E-state index contributed by atoms with van der Waals surface area (Å²) in [6.45, 7) is 2.39. The Morgan fingerprint density at radius 3 is 2.39 bits per heavy atom. The molecule has 1 saturated heterocycles. The number of hydrogen-bond acceptors (Lipinski definition) is 5. The number of nitrogens with zero attached hydrogens (tertiary/aromatic N) is 2. The van der Waals surface area contributed by atoms with Crippen LogP contribution >= 0.6 is 11.6 Å². The van der Waals surface area contributed by atoms with Crippen LogP contribution in [0.25, 0.3) is 5.76 Å². The molecule has 6 nitrogen and oxygen atoms in total. The fraction of sp³-hybridized carbons (Fsp3) is 0.129. The summed E-state index contributed by atoms with van der Waals surface area (Å²) in [5.41, 5.74) is 3.66. The van der Waals surface area contributed by atoms with E-state index in [2.05, 4.69) is 4.98 Å². The predicted molar refractivity (Wildman–Crippen MR) is 145 cm³/mol. The van der Waals surface area contributed by atoms with E-state index in [1.165, 1.54) is 4.90 Å². The number of aryl methyl sites for hydroxylation is 1. The third-order valence-electron chi connectivity index (χ3n) is 6.50. The Labute approximate surface area is 225 Å². The summed E-state index contributed by atoms with van der Waals surface area (Å²) in [5, 5.41) is 12.0. The molecule has 1 aliphatic rings. The first-order chi connectivity index (χ1) is 18.4. The van der Waals surface area contributed by atoms with Crippen LogP contribution in [0.3, 0.4) is 0 Å². The second-order valence-corrected chi connectivity index (χ2v) is 9.53. The van der Waals surface area contributed by atoms with Crippen molar-refractivity contribution in [1.29, 1.82) is 0 Å². The Balaban J connectivity index is 1.52. The van der Waals surface area contributed by atoms with Gasteiger partial charge in [0, 0.05) is 29.5 Å². The van der Waals surface area contributed by atoms with Gasteiger partial charge in [-0.05, 0) is 65.6 Å². The van der Waals surface area contributed by atoms with Gasteiger partial charge in [-0.25, -0.2) is 0 Å². The molecule has 0 aliphatic carbocycles. The lowest BCUT2D eigenvalue weighted by molar-refractivity contribution is -0.140. The zero-order valence-electron chi connectivity index (χ0n) is 20.7. The number of aliphatic hydroxyl groups excluding tert-OH is 1. The summed E-state index contributed by atoms with van der Waals surface area (Å²) in [6.07, 6.45) is 3.29. The van der Waals surface area contributed by atoms with Gasteiger partial charge in [-0.15, -0.1) is 0 Å². The topological polar surface area (TPSA) is 79.7 Å². The number of rotatable bonds is 7. The molecule has 1 atom stereocenters. The number of halogens is 1. The first-order valence-corrected chi connectivity index (χ1v) is 12.5. The summed E-state index contributed by atoms with van der Waals surface area (Å²) in [7, 11) is 0. The van der Waals surface area contributed by atoms with Crippen molar-refractivity contribution in [3.05, 3.63) is 136 Å². The number of carbonyl (C=O) groups is 2. The third-order valence-corrected chi connectivity index (χ3v) is 6.75. The molecule has 1 aliphatic heterocycles. The number of pyridine rings is 1. The second kappa shape index (κ2) is 10.9. The normalized spacial score (nSPS) is 16.6. The van der Waals surface area contributed by atoms with E-state index in [0.717, 1.165) is 11.1 Å². The zero-order valence-corrected chi connectivity index (χ0v) is 21.4. The monoisotopic (exact) mass is 524 g/mol. The highest BCUT2D eigenvalue weighted by atomic mass is 35.5. The van der Waals surface area contributed by atoms with Crippen LogP contribution in [-0.4, -0.2) is 26.7 Å². The quantitative estimate of drug-likeness (QED) is 0.176. The molecule has 0 saturated carbocycles. The van der Waals surface area contributed by atoms with Gasteiger partial charge in [0.05, 0.1) is 11.6 Å². The SMILES string of the molecule is Cc1cc(OCc2ccccc2)ccc1C(O)=C1C(=O)C(=O)N(Cc2cccnc2)[C@@H]1c1ccc(Cl)cc1. The van der Waals surface area contributed by atoms with Crippen LogP contribution < -0.4 is 4.74 Å². The van der Waals surface area contributed by atoms with Crippen molar-refractivity contribution in [3.63, 3.8) is 0 Å². The first-order valence-electron chi connectivity index (χ1n) is 12.1. The van der Waals surface area contributed by atoms with Crippen molar-refractivity contribution < 1.29 is 19.4 Å².